The molecular formula is C21H21Cl2N3O4. The fraction of sp³-hybridized carbons (Fsp3) is 0.286. The summed E-state index contributed by atoms with van der Waals surface area (Å²) in [7, 11) is 0. The molecular weight excluding hydrogens is 429 g/mol. The normalized spacial score (nSPS) is 18.3. The van der Waals surface area contributed by atoms with Gasteiger partial charge in [-0.3, -0.25) is 14.5 Å². The molecule has 4 amide bonds. The summed E-state index contributed by atoms with van der Waals surface area (Å²) >= 11 is 11.7. The predicted molar refractivity (Wildman–Crippen MR) is 114 cm³/mol. The number of hydrogen-bond acceptors (Lipinski definition) is 4. The number of urea groups is 1. The second-order valence-corrected chi connectivity index (χ2v) is 7.61. The second kappa shape index (κ2) is 9.36. The molecule has 1 atom stereocenters. The van der Waals surface area contributed by atoms with E-state index in [1.807, 2.05) is 0 Å². The first-order chi connectivity index (χ1) is 14.4. The molecule has 1 heterocycles. The molecule has 2 aromatic carbocycles. The van der Waals surface area contributed by atoms with Crippen molar-refractivity contribution in [2.45, 2.75) is 18.9 Å². The minimum absolute atomic E-state index is 0.223. The van der Waals surface area contributed by atoms with E-state index in [9.17, 15) is 14.4 Å². The van der Waals surface area contributed by atoms with E-state index < -0.39 is 23.4 Å². The number of benzene rings is 2. The number of hydrogen-bond donors (Lipinski definition) is 2. The molecule has 2 N–H and O–H groups in total. The predicted octanol–water partition coefficient (Wildman–Crippen LogP) is 3.35. The first-order valence-corrected chi connectivity index (χ1v) is 10.2. The third-order valence-corrected chi connectivity index (χ3v) is 5.36. The zero-order chi connectivity index (χ0) is 21.7. The molecule has 0 spiro atoms. The van der Waals surface area contributed by atoms with Gasteiger partial charge in [-0.1, -0.05) is 42.3 Å². The van der Waals surface area contributed by atoms with Crippen molar-refractivity contribution in [2.24, 2.45) is 0 Å². The number of nitrogens with zero attached hydrogens (tertiary/aromatic N) is 1. The van der Waals surface area contributed by atoms with Gasteiger partial charge in [-0.15, -0.1) is 0 Å². The Morgan fingerprint density at radius 3 is 2.27 bits per heavy atom. The first kappa shape index (κ1) is 21.9. The molecule has 0 radical (unpaired) electrons. The van der Waals surface area contributed by atoms with E-state index in [2.05, 4.69) is 10.6 Å². The fourth-order valence-corrected chi connectivity index (χ4v) is 3.49. The highest BCUT2D eigenvalue weighted by Gasteiger charge is 2.51. The molecule has 2 aromatic rings. The van der Waals surface area contributed by atoms with Gasteiger partial charge in [0.15, 0.2) is 0 Å². The molecule has 0 bridgehead atoms. The highest BCUT2D eigenvalue weighted by Crippen LogP contribution is 2.32. The molecule has 1 aliphatic rings. The van der Waals surface area contributed by atoms with Crippen molar-refractivity contribution >= 4 is 41.0 Å². The quantitative estimate of drug-likeness (QED) is 0.477. The lowest BCUT2D eigenvalue weighted by Crippen LogP contribution is -2.45. The number of carbonyl (C=O) groups excluding carboxylic acids is 3. The molecule has 1 fully saturated rings. The standard InChI is InChI=1S/C21H21Cl2N3O4/c1-2-21(14-3-5-15(22)6-4-14)19(28)26(20(29)25-21)13-18(27)24-11-12-30-17-9-7-16(23)8-10-17/h3-10H,2,11-13H2,1H3,(H,24,27)(H,25,29). The van der Waals surface area contributed by atoms with Crippen LogP contribution in [-0.2, 0) is 15.1 Å². The Labute approximate surface area is 184 Å². The van der Waals surface area contributed by atoms with Gasteiger partial charge in [0, 0.05) is 10.0 Å². The largest absolute Gasteiger partial charge is 0.492 e. The van der Waals surface area contributed by atoms with Crippen molar-refractivity contribution in [1.82, 2.24) is 15.5 Å². The van der Waals surface area contributed by atoms with Gasteiger partial charge in [0.25, 0.3) is 5.91 Å². The molecule has 30 heavy (non-hydrogen) atoms. The summed E-state index contributed by atoms with van der Waals surface area (Å²) in [6.07, 6.45) is 0.340. The Hall–Kier alpha value is -2.77. The van der Waals surface area contributed by atoms with E-state index in [-0.39, 0.29) is 19.7 Å². The number of carbonyl (C=O) groups is 3. The van der Waals surface area contributed by atoms with E-state index >= 15 is 0 Å². The van der Waals surface area contributed by atoms with Gasteiger partial charge >= 0.3 is 6.03 Å². The van der Waals surface area contributed by atoms with Crippen LogP contribution in [0.15, 0.2) is 48.5 Å². The second-order valence-electron chi connectivity index (χ2n) is 6.74. The molecule has 0 saturated carbocycles. The highest BCUT2D eigenvalue weighted by molar-refractivity contribution is 6.30. The Balaban J connectivity index is 1.56. The zero-order valence-corrected chi connectivity index (χ0v) is 17.8. The molecule has 1 saturated heterocycles. The smallest absolute Gasteiger partial charge is 0.325 e. The molecule has 158 valence electrons. The van der Waals surface area contributed by atoms with Crippen LogP contribution in [0.3, 0.4) is 0 Å². The third kappa shape index (κ3) is 4.68. The maximum Gasteiger partial charge on any atom is 0.325 e. The van der Waals surface area contributed by atoms with E-state index in [4.69, 9.17) is 27.9 Å². The van der Waals surface area contributed by atoms with E-state index in [1.165, 1.54) is 0 Å². The summed E-state index contributed by atoms with van der Waals surface area (Å²) in [5.74, 6) is -0.301. The monoisotopic (exact) mass is 449 g/mol. The van der Waals surface area contributed by atoms with Crippen LogP contribution in [0.5, 0.6) is 5.75 Å². The van der Waals surface area contributed by atoms with Crippen molar-refractivity contribution in [3.8, 4) is 5.75 Å². The summed E-state index contributed by atoms with van der Waals surface area (Å²) in [5.41, 5.74) is -0.591. The summed E-state index contributed by atoms with van der Waals surface area (Å²) in [6.45, 7) is 1.88. The van der Waals surface area contributed by atoms with Crippen molar-refractivity contribution < 1.29 is 19.1 Å². The molecule has 0 aromatic heterocycles. The minimum atomic E-state index is -1.21. The van der Waals surface area contributed by atoms with Gasteiger partial charge in [0.05, 0.1) is 6.54 Å². The maximum absolute atomic E-state index is 13.0. The average molecular weight is 450 g/mol. The van der Waals surface area contributed by atoms with Gasteiger partial charge in [-0.2, -0.15) is 0 Å². The molecule has 1 aliphatic heterocycles. The lowest BCUT2D eigenvalue weighted by molar-refractivity contribution is -0.135. The molecule has 0 aliphatic carbocycles. The Kier molecular flexibility index (Phi) is 6.84. The maximum atomic E-state index is 13.0. The number of rotatable bonds is 8. The Morgan fingerprint density at radius 2 is 1.67 bits per heavy atom. The number of imide groups is 1. The highest BCUT2D eigenvalue weighted by atomic mass is 35.5. The Bertz CT molecular complexity index is 934. The van der Waals surface area contributed by atoms with Crippen LogP contribution in [-0.4, -0.2) is 42.4 Å². The van der Waals surface area contributed by atoms with E-state index in [0.717, 1.165) is 4.90 Å². The molecule has 1 unspecified atom stereocenters. The van der Waals surface area contributed by atoms with Gasteiger partial charge < -0.3 is 15.4 Å². The SMILES string of the molecule is CCC1(c2ccc(Cl)cc2)NC(=O)N(CC(=O)NCCOc2ccc(Cl)cc2)C1=O. The number of amides is 4. The minimum Gasteiger partial charge on any atom is -0.492 e. The van der Waals surface area contributed by atoms with Gasteiger partial charge in [-0.05, 0) is 48.4 Å². The van der Waals surface area contributed by atoms with Gasteiger partial charge in [0.1, 0.15) is 24.4 Å². The van der Waals surface area contributed by atoms with Crippen LogP contribution >= 0.6 is 23.2 Å². The average Bonchev–Trinajstić information content (AvgIpc) is 2.98. The number of halogens is 2. The van der Waals surface area contributed by atoms with E-state index in [0.29, 0.717) is 27.8 Å². The van der Waals surface area contributed by atoms with Crippen LogP contribution in [0.1, 0.15) is 18.9 Å². The lowest BCUT2D eigenvalue weighted by atomic mass is 9.87. The van der Waals surface area contributed by atoms with Crippen molar-refractivity contribution in [1.29, 1.82) is 0 Å². The number of ether oxygens (including phenoxy) is 1. The number of nitrogens with one attached hydrogen (secondary N) is 2. The van der Waals surface area contributed by atoms with Crippen molar-refractivity contribution in [3.63, 3.8) is 0 Å². The summed E-state index contributed by atoms with van der Waals surface area (Å²) < 4.78 is 5.50. The topological polar surface area (TPSA) is 87.7 Å². The van der Waals surface area contributed by atoms with Crippen LogP contribution in [0, 0.1) is 0 Å². The Morgan fingerprint density at radius 1 is 1.07 bits per heavy atom. The first-order valence-electron chi connectivity index (χ1n) is 9.41. The lowest BCUT2D eigenvalue weighted by Gasteiger charge is -2.25. The van der Waals surface area contributed by atoms with E-state index in [1.54, 1.807) is 55.5 Å². The van der Waals surface area contributed by atoms with Crippen LogP contribution < -0.4 is 15.4 Å². The summed E-state index contributed by atoms with van der Waals surface area (Å²) in [4.78, 5) is 38.6. The van der Waals surface area contributed by atoms with Crippen molar-refractivity contribution in [3.05, 3.63) is 64.1 Å². The van der Waals surface area contributed by atoms with Crippen molar-refractivity contribution in [2.75, 3.05) is 19.7 Å². The summed E-state index contributed by atoms with van der Waals surface area (Å²) in [5, 5.41) is 6.50. The third-order valence-electron chi connectivity index (χ3n) is 4.85. The fourth-order valence-electron chi connectivity index (χ4n) is 3.23. The van der Waals surface area contributed by atoms with Crippen LogP contribution in [0.4, 0.5) is 4.79 Å². The molecule has 7 nitrogen and oxygen atoms in total. The molecule has 9 heteroatoms. The van der Waals surface area contributed by atoms with Crippen LogP contribution in [0.2, 0.25) is 10.0 Å². The zero-order valence-electron chi connectivity index (χ0n) is 16.3. The molecule has 3 rings (SSSR count). The van der Waals surface area contributed by atoms with Gasteiger partial charge in [0.2, 0.25) is 5.91 Å². The summed E-state index contributed by atoms with van der Waals surface area (Å²) in [6, 6.07) is 12.9. The van der Waals surface area contributed by atoms with Crippen LogP contribution in [0.25, 0.3) is 0 Å². The van der Waals surface area contributed by atoms with Gasteiger partial charge in [-0.25, -0.2) is 4.79 Å².